The molecule has 1 saturated carbocycles. The van der Waals surface area contributed by atoms with Gasteiger partial charge in [0.1, 0.15) is 5.82 Å². The number of halogens is 8. The number of benzene rings is 1. The van der Waals surface area contributed by atoms with Crippen molar-refractivity contribution >= 4 is 12.4 Å². The van der Waals surface area contributed by atoms with Gasteiger partial charge in [0.25, 0.3) is 0 Å². The Morgan fingerprint density at radius 1 is 1.05 bits per heavy atom. The molecule has 22 heavy (non-hydrogen) atoms. The van der Waals surface area contributed by atoms with Crippen molar-refractivity contribution in [3.05, 3.63) is 34.6 Å². The lowest BCUT2D eigenvalue weighted by molar-refractivity contribution is -0.144. The molecule has 1 aliphatic carbocycles. The number of nitrogens with two attached hydrogens (primary N) is 1. The van der Waals surface area contributed by atoms with Gasteiger partial charge in [-0.25, -0.2) is 4.39 Å². The molecule has 0 bridgehead atoms. The van der Waals surface area contributed by atoms with E-state index in [-0.39, 0.29) is 36.9 Å². The van der Waals surface area contributed by atoms with Crippen molar-refractivity contribution in [3.63, 3.8) is 0 Å². The van der Waals surface area contributed by atoms with Crippen molar-refractivity contribution < 1.29 is 30.7 Å². The standard InChI is InChI=1S/C13H12F7N.ClH/c14-9-5-7(12(15,16)17)4-8(13(18,19)20)11(9)10(21)3-6-1-2-6;/h4-6,10H,1-3,21H2;1H/t10-;/m1./s1. The second-order valence-electron chi connectivity index (χ2n) is 5.20. The predicted molar refractivity (Wildman–Crippen MR) is 67.9 cm³/mol. The smallest absolute Gasteiger partial charge is 0.324 e. The van der Waals surface area contributed by atoms with Gasteiger partial charge in [-0.3, -0.25) is 0 Å². The summed E-state index contributed by atoms with van der Waals surface area (Å²) in [4.78, 5) is 0. The molecule has 1 aromatic carbocycles. The second-order valence-corrected chi connectivity index (χ2v) is 5.20. The van der Waals surface area contributed by atoms with Crippen molar-refractivity contribution in [2.24, 2.45) is 11.7 Å². The van der Waals surface area contributed by atoms with E-state index in [2.05, 4.69) is 0 Å². The molecule has 126 valence electrons. The SMILES string of the molecule is Cl.N[C@H](CC1CC1)c1c(F)cc(C(F)(F)F)cc1C(F)(F)F. The first kappa shape index (κ1) is 19.0. The molecule has 1 aliphatic rings. The summed E-state index contributed by atoms with van der Waals surface area (Å²) >= 11 is 0. The van der Waals surface area contributed by atoms with Crippen molar-refractivity contribution in [2.45, 2.75) is 37.7 Å². The summed E-state index contributed by atoms with van der Waals surface area (Å²) in [7, 11) is 0. The Morgan fingerprint density at radius 2 is 1.59 bits per heavy atom. The van der Waals surface area contributed by atoms with Crippen LogP contribution in [0.3, 0.4) is 0 Å². The largest absolute Gasteiger partial charge is 0.416 e. The summed E-state index contributed by atoms with van der Waals surface area (Å²) in [5.41, 5.74) is 1.36. The average Bonchev–Trinajstić information content (AvgIpc) is 3.09. The Bertz CT molecular complexity index is 534. The Morgan fingerprint density at radius 3 is 2.00 bits per heavy atom. The van der Waals surface area contributed by atoms with Gasteiger partial charge in [0.05, 0.1) is 11.1 Å². The highest BCUT2D eigenvalue weighted by Gasteiger charge is 2.41. The van der Waals surface area contributed by atoms with Gasteiger partial charge in [-0.05, 0) is 24.5 Å². The summed E-state index contributed by atoms with van der Waals surface area (Å²) in [6.07, 6.45) is -8.45. The number of alkyl halides is 6. The average molecular weight is 352 g/mol. The Hall–Kier alpha value is -1.02. The van der Waals surface area contributed by atoms with Gasteiger partial charge in [0.2, 0.25) is 0 Å². The highest BCUT2D eigenvalue weighted by Crippen LogP contribution is 2.43. The predicted octanol–water partition coefficient (Wildman–Crippen LogP) is 5.09. The molecular weight excluding hydrogens is 339 g/mol. The van der Waals surface area contributed by atoms with Gasteiger partial charge in [0, 0.05) is 11.6 Å². The topological polar surface area (TPSA) is 26.0 Å². The van der Waals surface area contributed by atoms with E-state index in [9.17, 15) is 30.7 Å². The van der Waals surface area contributed by atoms with E-state index in [0.717, 1.165) is 12.8 Å². The van der Waals surface area contributed by atoms with Crippen LogP contribution >= 0.6 is 12.4 Å². The first-order valence-corrected chi connectivity index (χ1v) is 6.23. The normalized spacial score (nSPS) is 17.1. The second kappa shape index (κ2) is 6.23. The number of rotatable bonds is 3. The van der Waals surface area contributed by atoms with E-state index in [1.54, 1.807) is 0 Å². The molecule has 0 aliphatic heterocycles. The van der Waals surface area contributed by atoms with Crippen LogP contribution in [0, 0.1) is 11.7 Å². The maximum absolute atomic E-state index is 13.8. The maximum Gasteiger partial charge on any atom is 0.416 e. The fourth-order valence-electron chi connectivity index (χ4n) is 2.22. The molecule has 0 amide bonds. The third-order valence-corrected chi connectivity index (χ3v) is 3.42. The van der Waals surface area contributed by atoms with Crippen molar-refractivity contribution in [3.8, 4) is 0 Å². The van der Waals surface area contributed by atoms with Crippen LogP contribution in [0.4, 0.5) is 30.7 Å². The zero-order valence-electron chi connectivity index (χ0n) is 11.1. The molecule has 0 saturated heterocycles. The Kier molecular flexibility index (Phi) is 5.39. The van der Waals surface area contributed by atoms with Crippen LogP contribution in [-0.4, -0.2) is 0 Å². The van der Waals surface area contributed by atoms with Crippen molar-refractivity contribution in [1.29, 1.82) is 0 Å². The van der Waals surface area contributed by atoms with Crippen LogP contribution in [-0.2, 0) is 12.4 Å². The summed E-state index contributed by atoms with van der Waals surface area (Å²) in [5, 5.41) is 0. The molecular formula is C13H13ClF7N. The fraction of sp³-hybridized carbons (Fsp3) is 0.538. The van der Waals surface area contributed by atoms with Gasteiger partial charge in [-0.1, -0.05) is 12.8 Å². The van der Waals surface area contributed by atoms with Crippen LogP contribution in [0.15, 0.2) is 12.1 Å². The Balaban J connectivity index is 0.00000242. The van der Waals surface area contributed by atoms with Crippen molar-refractivity contribution in [1.82, 2.24) is 0 Å². The monoisotopic (exact) mass is 351 g/mol. The molecule has 0 unspecified atom stereocenters. The maximum atomic E-state index is 13.8. The third-order valence-electron chi connectivity index (χ3n) is 3.42. The van der Waals surface area contributed by atoms with E-state index < -0.39 is 40.9 Å². The third kappa shape index (κ3) is 4.25. The van der Waals surface area contributed by atoms with Gasteiger partial charge in [0.15, 0.2) is 0 Å². The van der Waals surface area contributed by atoms with Gasteiger partial charge in [-0.15, -0.1) is 12.4 Å². The van der Waals surface area contributed by atoms with Gasteiger partial charge >= 0.3 is 12.4 Å². The lowest BCUT2D eigenvalue weighted by atomic mass is 9.94. The highest BCUT2D eigenvalue weighted by atomic mass is 35.5. The van der Waals surface area contributed by atoms with Crippen LogP contribution in [0.5, 0.6) is 0 Å². The van der Waals surface area contributed by atoms with Crippen LogP contribution in [0.2, 0.25) is 0 Å². The van der Waals surface area contributed by atoms with Crippen LogP contribution in [0.25, 0.3) is 0 Å². The van der Waals surface area contributed by atoms with Crippen LogP contribution in [0.1, 0.15) is 42.0 Å². The zero-order chi connectivity index (χ0) is 16.0. The summed E-state index contributed by atoms with van der Waals surface area (Å²) in [5.74, 6) is -1.45. The minimum absolute atomic E-state index is 0. The lowest BCUT2D eigenvalue weighted by Crippen LogP contribution is -2.21. The minimum Gasteiger partial charge on any atom is -0.324 e. The molecule has 9 heteroatoms. The molecule has 0 spiro atoms. The number of hydrogen-bond acceptors (Lipinski definition) is 1. The molecule has 2 N–H and O–H groups in total. The molecule has 0 radical (unpaired) electrons. The molecule has 1 nitrogen and oxygen atoms in total. The van der Waals surface area contributed by atoms with E-state index in [4.69, 9.17) is 5.73 Å². The van der Waals surface area contributed by atoms with Crippen molar-refractivity contribution in [2.75, 3.05) is 0 Å². The van der Waals surface area contributed by atoms with E-state index in [0.29, 0.717) is 0 Å². The molecule has 1 aromatic rings. The first-order chi connectivity index (χ1) is 9.50. The van der Waals surface area contributed by atoms with E-state index in [1.807, 2.05) is 0 Å². The van der Waals surface area contributed by atoms with E-state index in [1.165, 1.54) is 0 Å². The van der Waals surface area contributed by atoms with E-state index >= 15 is 0 Å². The molecule has 1 fully saturated rings. The molecule has 0 aromatic heterocycles. The summed E-state index contributed by atoms with van der Waals surface area (Å²) in [6, 6.07) is -1.28. The first-order valence-electron chi connectivity index (χ1n) is 6.23. The zero-order valence-corrected chi connectivity index (χ0v) is 11.9. The Labute approximate surface area is 128 Å². The lowest BCUT2D eigenvalue weighted by Gasteiger charge is -2.21. The summed E-state index contributed by atoms with van der Waals surface area (Å²) in [6.45, 7) is 0. The molecule has 1 atom stereocenters. The quantitative estimate of drug-likeness (QED) is 0.755. The summed E-state index contributed by atoms with van der Waals surface area (Å²) < 4.78 is 90.1. The fourth-order valence-corrected chi connectivity index (χ4v) is 2.22. The van der Waals surface area contributed by atoms with Gasteiger partial charge < -0.3 is 5.73 Å². The molecule has 0 heterocycles. The van der Waals surface area contributed by atoms with Crippen LogP contribution < -0.4 is 5.73 Å². The number of hydrogen-bond donors (Lipinski definition) is 1. The highest BCUT2D eigenvalue weighted by molar-refractivity contribution is 5.85. The molecule has 2 rings (SSSR count). The van der Waals surface area contributed by atoms with Gasteiger partial charge in [-0.2, -0.15) is 26.3 Å². The minimum atomic E-state index is -5.10.